The number of carbonyl (C=O) groups is 1. The Labute approximate surface area is 167 Å². The number of nitrogens with one attached hydrogen (secondary N) is 1. The van der Waals surface area contributed by atoms with Crippen LogP contribution >= 0.6 is 11.3 Å². The van der Waals surface area contributed by atoms with Crippen molar-refractivity contribution in [1.82, 2.24) is 9.97 Å². The molecular weight excluding hydrogens is 375 g/mol. The van der Waals surface area contributed by atoms with Gasteiger partial charge in [0.05, 0.1) is 0 Å². The molecule has 3 heterocycles. The van der Waals surface area contributed by atoms with E-state index in [1.54, 1.807) is 17.6 Å². The largest absolute Gasteiger partial charge is 0.357 e. The maximum atomic E-state index is 13.4. The van der Waals surface area contributed by atoms with Crippen molar-refractivity contribution >= 4 is 28.7 Å². The number of carbonyl (C=O) groups excluding carboxylic acids is 1. The number of hydrogen-bond acceptors (Lipinski definition) is 5. The molecule has 0 bridgehead atoms. The molecule has 7 heteroatoms. The number of halogens is 1. The minimum Gasteiger partial charge on any atom is -0.357 e. The van der Waals surface area contributed by atoms with Gasteiger partial charge in [0.1, 0.15) is 22.3 Å². The number of aryl methyl sites for hydroxylation is 1. The fraction of sp³-hybridized carbons (Fsp3) is 0.286. The molecule has 0 radical (unpaired) electrons. The lowest BCUT2D eigenvalue weighted by Crippen LogP contribution is -2.29. The first-order chi connectivity index (χ1) is 13.6. The van der Waals surface area contributed by atoms with E-state index in [0.717, 1.165) is 35.0 Å². The minimum absolute atomic E-state index is 0.309. The Morgan fingerprint density at radius 3 is 2.75 bits per heavy atom. The first-order valence-corrected chi connectivity index (χ1v) is 10.2. The molecule has 1 aliphatic rings. The summed E-state index contributed by atoms with van der Waals surface area (Å²) in [7, 11) is 0. The number of rotatable bonds is 4. The zero-order valence-corrected chi connectivity index (χ0v) is 16.4. The molecule has 5 nitrogen and oxygen atoms in total. The number of benzene rings is 1. The second-order valence-corrected chi connectivity index (χ2v) is 7.76. The molecule has 3 aromatic rings. The number of piperidine rings is 1. The molecule has 28 heavy (non-hydrogen) atoms. The third-order valence-corrected chi connectivity index (χ3v) is 5.75. The standard InChI is InChI=1S/C21H21FN4OS/c1-14-5-7-16(22)11-17(14)24-20(27)18-13-28-21(25-18)15-6-8-19(23-12-15)26-9-3-2-4-10-26/h5-8,11-13H,2-4,9-10H2,1H3,(H,24,27). The zero-order valence-electron chi connectivity index (χ0n) is 15.6. The van der Waals surface area contributed by atoms with Crippen LogP contribution in [0, 0.1) is 12.7 Å². The Balaban J connectivity index is 1.47. The van der Waals surface area contributed by atoms with E-state index in [9.17, 15) is 9.18 Å². The predicted octanol–water partition coefficient (Wildman–Crippen LogP) is 4.90. The van der Waals surface area contributed by atoms with Gasteiger partial charge in [0.2, 0.25) is 0 Å². The van der Waals surface area contributed by atoms with Gasteiger partial charge in [-0.2, -0.15) is 0 Å². The topological polar surface area (TPSA) is 58.1 Å². The summed E-state index contributed by atoms with van der Waals surface area (Å²) in [5, 5.41) is 5.17. The molecule has 1 aliphatic heterocycles. The first-order valence-electron chi connectivity index (χ1n) is 9.34. The van der Waals surface area contributed by atoms with Crippen LogP contribution in [0.4, 0.5) is 15.9 Å². The third kappa shape index (κ3) is 4.04. The van der Waals surface area contributed by atoms with E-state index >= 15 is 0 Å². The smallest absolute Gasteiger partial charge is 0.275 e. The maximum absolute atomic E-state index is 13.4. The van der Waals surface area contributed by atoms with Crippen molar-refractivity contribution in [3.63, 3.8) is 0 Å². The SMILES string of the molecule is Cc1ccc(F)cc1NC(=O)c1csc(-c2ccc(N3CCCCC3)nc2)n1. The molecule has 0 spiro atoms. The monoisotopic (exact) mass is 396 g/mol. The van der Waals surface area contributed by atoms with Gasteiger partial charge in [0.25, 0.3) is 5.91 Å². The molecule has 144 valence electrons. The van der Waals surface area contributed by atoms with Gasteiger partial charge in [-0.1, -0.05) is 6.07 Å². The number of amides is 1. The molecule has 0 atom stereocenters. The Morgan fingerprint density at radius 1 is 1.18 bits per heavy atom. The molecule has 1 aromatic carbocycles. The highest BCUT2D eigenvalue weighted by molar-refractivity contribution is 7.13. The van der Waals surface area contributed by atoms with Gasteiger partial charge in [-0.15, -0.1) is 11.3 Å². The van der Waals surface area contributed by atoms with Gasteiger partial charge in [0.15, 0.2) is 0 Å². The average molecular weight is 396 g/mol. The van der Waals surface area contributed by atoms with Crippen molar-refractivity contribution in [2.45, 2.75) is 26.2 Å². The van der Waals surface area contributed by atoms with Crippen LogP contribution < -0.4 is 10.2 Å². The normalized spacial score (nSPS) is 14.1. The van der Waals surface area contributed by atoms with Gasteiger partial charge in [0, 0.05) is 35.9 Å². The molecule has 1 amide bonds. The second-order valence-electron chi connectivity index (χ2n) is 6.90. The van der Waals surface area contributed by atoms with E-state index in [2.05, 4.69) is 20.2 Å². The summed E-state index contributed by atoms with van der Waals surface area (Å²) in [6.07, 6.45) is 5.51. The lowest BCUT2D eigenvalue weighted by molar-refractivity contribution is 0.102. The van der Waals surface area contributed by atoms with E-state index in [4.69, 9.17) is 0 Å². The third-order valence-electron chi connectivity index (χ3n) is 4.86. The Hall–Kier alpha value is -2.80. The van der Waals surface area contributed by atoms with E-state index in [0.29, 0.717) is 11.4 Å². The molecule has 4 rings (SSSR count). The highest BCUT2D eigenvalue weighted by Gasteiger charge is 2.15. The number of hydrogen-bond donors (Lipinski definition) is 1. The van der Waals surface area contributed by atoms with Gasteiger partial charge in [-0.25, -0.2) is 14.4 Å². The number of thiazole rings is 1. The first kappa shape index (κ1) is 18.6. The van der Waals surface area contributed by atoms with Crippen LogP contribution in [-0.4, -0.2) is 29.0 Å². The van der Waals surface area contributed by atoms with Crippen molar-refractivity contribution < 1.29 is 9.18 Å². The molecule has 2 aromatic heterocycles. The van der Waals surface area contributed by atoms with Crippen LogP contribution in [0.25, 0.3) is 10.6 Å². The maximum Gasteiger partial charge on any atom is 0.275 e. The van der Waals surface area contributed by atoms with Crippen LogP contribution in [-0.2, 0) is 0 Å². The molecular formula is C21H21FN4OS. The summed E-state index contributed by atoms with van der Waals surface area (Å²) in [6.45, 7) is 3.91. The van der Waals surface area contributed by atoms with E-state index in [1.165, 1.54) is 42.7 Å². The van der Waals surface area contributed by atoms with Gasteiger partial charge < -0.3 is 10.2 Å². The fourth-order valence-corrected chi connectivity index (χ4v) is 4.04. The Morgan fingerprint density at radius 2 is 2.00 bits per heavy atom. The quantitative estimate of drug-likeness (QED) is 0.682. The molecule has 0 unspecified atom stereocenters. The van der Waals surface area contributed by atoms with Crippen LogP contribution in [0.15, 0.2) is 41.9 Å². The van der Waals surface area contributed by atoms with Crippen molar-refractivity contribution in [1.29, 1.82) is 0 Å². The highest BCUT2D eigenvalue weighted by Crippen LogP contribution is 2.26. The summed E-state index contributed by atoms with van der Waals surface area (Å²) in [6, 6.07) is 8.31. The summed E-state index contributed by atoms with van der Waals surface area (Å²) < 4.78 is 13.4. The van der Waals surface area contributed by atoms with Gasteiger partial charge in [-0.3, -0.25) is 4.79 Å². The van der Waals surface area contributed by atoms with Crippen LogP contribution in [0.3, 0.4) is 0 Å². The fourth-order valence-electron chi connectivity index (χ4n) is 3.25. The summed E-state index contributed by atoms with van der Waals surface area (Å²) >= 11 is 1.39. The van der Waals surface area contributed by atoms with Crippen molar-refractivity contribution in [2.75, 3.05) is 23.3 Å². The average Bonchev–Trinajstić information content (AvgIpc) is 3.22. The van der Waals surface area contributed by atoms with Gasteiger partial charge in [-0.05, 0) is 56.0 Å². The lowest BCUT2D eigenvalue weighted by atomic mass is 10.1. The minimum atomic E-state index is -0.389. The van der Waals surface area contributed by atoms with Crippen molar-refractivity contribution in [2.24, 2.45) is 0 Å². The molecule has 0 aliphatic carbocycles. The lowest BCUT2D eigenvalue weighted by Gasteiger charge is -2.27. The van der Waals surface area contributed by atoms with Crippen molar-refractivity contribution in [3.05, 3.63) is 59.0 Å². The summed E-state index contributed by atoms with van der Waals surface area (Å²) in [4.78, 5) is 23.8. The van der Waals surface area contributed by atoms with E-state index < -0.39 is 0 Å². The molecule has 1 saturated heterocycles. The number of nitrogens with zero attached hydrogens (tertiary/aromatic N) is 3. The summed E-state index contributed by atoms with van der Waals surface area (Å²) in [5.74, 6) is 0.244. The molecule has 1 N–H and O–H groups in total. The molecule has 0 saturated carbocycles. The second kappa shape index (κ2) is 8.06. The Bertz CT molecular complexity index is 980. The summed E-state index contributed by atoms with van der Waals surface area (Å²) in [5.41, 5.74) is 2.44. The van der Waals surface area contributed by atoms with Crippen LogP contribution in [0.1, 0.15) is 35.3 Å². The highest BCUT2D eigenvalue weighted by atomic mass is 32.1. The predicted molar refractivity (Wildman–Crippen MR) is 110 cm³/mol. The number of anilines is 2. The van der Waals surface area contributed by atoms with Gasteiger partial charge >= 0.3 is 0 Å². The Kier molecular flexibility index (Phi) is 5.34. The van der Waals surface area contributed by atoms with Crippen molar-refractivity contribution in [3.8, 4) is 10.6 Å². The van der Waals surface area contributed by atoms with Crippen LogP contribution in [0.2, 0.25) is 0 Å². The van der Waals surface area contributed by atoms with E-state index in [-0.39, 0.29) is 11.7 Å². The zero-order chi connectivity index (χ0) is 19.5. The number of aromatic nitrogens is 2. The van der Waals surface area contributed by atoms with E-state index in [1.807, 2.05) is 19.1 Å². The molecule has 1 fully saturated rings. The number of pyridine rings is 1. The van der Waals surface area contributed by atoms with Crippen LogP contribution in [0.5, 0.6) is 0 Å².